The lowest BCUT2D eigenvalue weighted by Crippen LogP contribution is -2.34. The van der Waals surface area contributed by atoms with E-state index in [4.69, 9.17) is 17.2 Å². The summed E-state index contributed by atoms with van der Waals surface area (Å²) in [5.41, 5.74) is 3.20. The van der Waals surface area contributed by atoms with Crippen LogP contribution in [0.25, 0.3) is 10.2 Å². The summed E-state index contributed by atoms with van der Waals surface area (Å²) in [7, 11) is 0. The summed E-state index contributed by atoms with van der Waals surface area (Å²) in [6, 6.07) is 4.31. The Balaban J connectivity index is 2.11. The molecule has 0 saturated carbocycles. The fourth-order valence-corrected chi connectivity index (χ4v) is 4.21. The molecule has 122 valence electrons. The monoisotopic (exact) mass is 345 g/mol. The molecule has 1 atom stereocenters. The summed E-state index contributed by atoms with van der Waals surface area (Å²) in [4.78, 5) is 11.6. The van der Waals surface area contributed by atoms with E-state index in [0.717, 1.165) is 35.0 Å². The first-order valence-corrected chi connectivity index (χ1v) is 9.39. The van der Waals surface area contributed by atoms with Gasteiger partial charge in [0.05, 0.1) is 31.8 Å². The van der Waals surface area contributed by atoms with Crippen molar-refractivity contribution in [1.82, 2.24) is 4.98 Å². The SMILES string of the molecule is CC1CCCN(c2cc3nc(C(C)(C)C)sc3cc2N=C=S)C1. The Morgan fingerprint density at radius 1 is 1.39 bits per heavy atom. The van der Waals surface area contributed by atoms with E-state index in [1.807, 2.05) is 0 Å². The predicted octanol–water partition coefficient (Wildman–Crippen LogP) is 5.56. The molecule has 23 heavy (non-hydrogen) atoms. The molecule has 2 aromatic rings. The zero-order valence-electron chi connectivity index (χ0n) is 14.2. The Morgan fingerprint density at radius 2 is 2.17 bits per heavy atom. The van der Waals surface area contributed by atoms with Gasteiger partial charge in [-0.15, -0.1) is 11.3 Å². The van der Waals surface area contributed by atoms with Gasteiger partial charge in [-0.25, -0.2) is 4.98 Å². The number of anilines is 1. The lowest BCUT2D eigenvalue weighted by Gasteiger charge is -2.33. The Bertz CT molecular complexity index is 766. The molecule has 3 nitrogen and oxygen atoms in total. The molecule has 0 amide bonds. The lowest BCUT2D eigenvalue weighted by atomic mass is 9.98. The lowest BCUT2D eigenvalue weighted by molar-refractivity contribution is 0.447. The fraction of sp³-hybridized carbons (Fsp3) is 0.556. The van der Waals surface area contributed by atoms with Crippen molar-refractivity contribution < 1.29 is 0 Å². The van der Waals surface area contributed by atoms with E-state index in [0.29, 0.717) is 5.92 Å². The first-order chi connectivity index (χ1) is 10.9. The highest BCUT2D eigenvalue weighted by Gasteiger charge is 2.23. The summed E-state index contributed by atoms with van der Waals surface area (Å²) >= 11 is 6.61. The quantitative estimate of drug-likeness (QED) is 0.526. The number of nitrogens with zero attached hydrogens (tertiary/aromatic N) is 3. The van der Waals surface area contributed by atoms with Crippen LogP contribution in [0, 0.1) is 5.92 Å². The van der Waals surface area contributed by atoms with E-state index in [1.165, 1.54) is 17.5 Å². The van der Waals surface area contributed by atoms with Crippen molar-refractivity contribution in [3.05, 3.63) is 17.1 Å². The highest BCUT2D eigenvalue weighted by molar-refractivity contribution is 7.78. The standard InChI is InChI=1S/C18H23N3S2/c1-12-6-5-7-21(10-12)15-8-14-16(9-13(15)19-11-22)23-17(20-14)18(2,3)4/h8-9,12H,5-7,10H2,1-4H3. The maximum Gasteiger partial charge on any atom is 0.0992 e. The van der Waals surface area contributed by atoms with E-state index < -0.39 is 0 Å². The van der Waals surface area contributed by atoms with Crippen molar-refractivity contribution in [2.45, 2.75) is 46.0 Å². The molecule has 0 aliphatic carbocycles. The van der Waals surface area contributed by atoms with Crippen LogP contribution in [0.3, 0.4) is 0 Å². The molecule has 1 aromatic heterocycles. The van der Waals surface area contributed by atoms with Gasteiger partial charge in [-0.05, 0) is 43.1 Å². The third kappa shape index (κ3) is 3.47. The van der Waals surface area contributed by atoms with Crippen molar-refractivity contribution in [2.75, 3.05) is 18.0 Å². The van der Waals surface area contributed by atoms with E-state index in [1.54, 1.807) is 11.3 Å². The van der Waals surface area contributed by atoms with Gasteiger partial charge in [0, 0.05) is 18.5 Å². The second-order valence-electron chi connectivity index (χ2n) is 7.47. The summed E-state index contributed by atoms with van der Waals surface area (Å²) < 4.78 is 1.17. The van der Waals surface area contributed by atoms with Gasteiger partial charge in [0.2, 0.25) is 0 Å². The van der Waals surface area contributed by atoms with Crippen LogP contribution in [-0.2, 0) is 5.41 Å². The number of thiazole rings is 1. The van der Waals surface area contributed by atoms with Crippen molar-refractivity contribution in [1.29, 1.82) is 0 Å². The Kier molecular flexibility index (Phi) is 4.54. The molecule has 0 radical (unpaired) electrons. The topological polar surface area (TPSA) is 28.5 Å². The number of isothiocyanates is 1. The largest absolute Gasteiger partial charge is 0.369 e. The molecule has 1 aromatic carbocycles. The molecular weight excluding hydrogens is 322 g/mol. The molecule has 3 rings (SSSR count). The maximum absolute atomic E-state index is 4.86. The first-order valence-electron chi connectivity index (χ1n) is 8.16. The minimum atomic E-state index is 0.0665. The number of aromatic nitrogens is 1. The molecule has 1 fully saturated rings. The van der Waals surface area contributed by atoms with Gasteiger partial charge in [0.25, 0.3) is 0 Å². The Labute approximate surface area is 147 Å². The van der Waals surface area contributed by atoms with Crippen LogP contribution in [0.5, 0.6) is 0 Å². The van der Waals surface area contributed by atoms with Crippen molar-refractivity contribution in [3.8, 4) is 0 Å². The highest BCUT2D eigenvalue weighted by atomic mass is 32.1. The molecule has 0 spiro atoms. The minimum Gasteiger partial charge on any atom is -0.369 e. The molecular formula is C18H23N3S2. The van der Waals surface area contributed by atoms with E-state index in [-0.39, 0.29) is 5.41 Å². The second-order valence-corrected chi connectivity index (χ2v) is 8.69. The van der Waals surface area contributed by atoms with Crippen LogP contribution in [0.1, 0.15) is 45.5 Å². The van der Waals surface area contributed by atoms with Crippen LogP contribution in [0.4, 0.5) is 11.4 Å². The molecule has 1 aliphatic heterocycles. The summed E-state index contributed by atoms with van der Waals surface area (Å²) in [5, 5.41) is 3.70. The number of hydrogen-bond donors (Lipinski definition) is 0. The third-order valence-corrected chi connectivity index (χ3v) is 5.83. The van der Waals surface area contributed by atoms with E-state index >= 15 is 0 Å². The van der Waals surface area contributed by atoms with Crippen LogP contribution in [0.15, 0.2) is 17.1 Å². The number of benzene rings is 1. The van der Waals surface area contributed by atoms with Crippen molar-refractivity contribution >= 4 is 50.3 Å². The van der Waals surface area contributed by atoms with Gasteiger partial charge in [0.15, 0.2) is 0 Å². The van der Waals surface area contributed by atoms with Crippen LogP contribution >= 0.6 is 23.6 Å². The molecule has 1 aliphatic rings. The number of aliphatic imine (C=N–C) groups is 1. The van der Waals surface area contributed by atoms with Gasteiger partial charge in [-0.1, -0.05) is 27.7 Å². The molecule has 1 saturated heterocycles. The maximum atomic E-state index is 4.86. The summed E-state index contributed by atoms with van der Waals surface area (Å²) in [5.74, 6) is 0.712. The van der Waals surface area contributed by atoms with Crippen LogP contribution in [0.2, 0.25) is 0 Å². The number of piperidine rings is 1. The average molecular weight is 346 g/mol. The van der Waals surface area contributed by atoms with Gasteiger partial charge in [-0.3, -0.25) is 0 Å². The Hall–Kier alpha value is -1.29. The zero-order chi connectivity index (χ0) is 16.6. The molecule has 5 heteroatoms. The molecule has 1 unspecified atom stereocenters. The number of fused-ring (bicyclic) bond motifs is 1. The van der Waals surface area contributed by atoms with Crippen molar-refractivity contribution in [3.63, 3.8) is 0 Å². The first kappa shape index (κ1) is 16.6. The zero-order valence-corrected chi connectivity index (χ0v) is 15.9. The summed E-state index contributed by atoms with van der Waals surface area (Å²) in [6.45, 7) is 11.1. The predicted molar refractivity (Wildman–Crippen MR) is 104 cm³/mol. The van der Waals surface area contributed by atoms with Gasteiger partial charge in [-0.2, -0.15) is 4.99 Å². The van der Waals surface area contributed by atoms with Gasteiger partial charge < -0.3 is 4.90 Å². The third-order valence-electron chi connectivity index (χ3n) is 4.29. The number of thiocarbonyl (C=S) groups is 1. The van der Waals surface area contributed by atoms with Crippen molar-refractivity contribution in [2.24, 2.45) is 10.9 Å². The van der Waals surface area contributed by atoms with Gasteiger partial charge >= 0.3 is 0 Å². The smallest absolute Gasteiger partial charge is 0.0992 e. The number of hydrogen-bond acceptors (Lipinski definition) is 5. The van der Waals surface area contributed by atoms with E-state index in [2.05, 4.69) is 54.9 Å². The second kappa shape index (κ2) is 6.31. The van der Waals surface area contributed by atoms with Gasteiger partial charge in [0.1, 0.15) is 0 Å². The van der Waals surface area contributed by atoms with Crippen LogP contribution in [-0.4, -0.2) is 23.2 Å². The number of rotatable bonds is 2. The molecule has 2 heterocycles. The summed E-state index contributed by atoms with van der Waals surface area (Å²) in [6.07, 6.45) is 2.53. The average Bonchev–Trinajstić information content (AvgIpc) is 2.90. The van der Waals surface area contributed by atoms with Crippen LogP contribution < -0.4 is 4.90 Å². The highest BCUT2D eigenvalue weighted by Crippen LogP contribution is 2.39. The fourth-order valence-electron chi connectivity index (χ4n) is 3.07. The normalized spacial score (nSPS) is 19.0. The molecule has 0 N–H and O–H groups in total. The molecule has 0 bridgehead atoms. The Morgan fingerprint density at radius 3 is 2.83 bits per heavy atom. The minimum absolute atomic E-state index is 0.0665. The van der Waals surface area contributed by atoms with E-state index in [9.17, 15) is 0 Å².